The minimum absolute atomic E-state index is 0.0169. The number of aromatic nitrogens is 2. The molecule has 0 aliphatic carbocycles. The molecular formula is C19H19BrN4O4S. The highest BCUT2D eigenvalue weighted by Crippen LogP contribution is 2.22. The number of ether oxygens (including phenoxy) is 1. The van der Waals surface area contributed by atoms with Crippen LogP contribution in [0.5, 0.6) is 0 Å². The van der Waals surface area contributed by atoms with Crippen molar-refractivity contribution >= 4 is 37.7 Å². The molecule has 0 radical (unpaired) electrons. The molecule has 29 heavy (non-hydrogen) atoms. The van der Waals surface area contributed by atoms with Crippen molar-refractivity contribution in [1.29, 1.82) is 0 Å². The first-order chi connectivity index (χ1) is 13.9. The van der Waals surface area contributed by atoms with E-state index in [2.05, 4.69) is 31.1 Å². The SMILES string of the molecule is COCCNS(=O)(=O)c1ccc(Br)c(C(=O)Nc2ccn(-c3ccccc3)n2)c1. The summed E-state index contributed by atoms with van der Waals surface area (Å²) in [6, 6.07) is 15.4. The van der Waals surface area contributed by atoms with Crippen molar-refractivity contribution < 1.29 is 17.9 Å². The number of para-hydroxylation sites is 1. The first kappa shape index (κ1) is 21.2. The fourth-order valence-electron chi connectivity index (χ4n) is 2.51. The van der Waals surface area contributed by atoms with Crippen LogP contribution in [0.2, 0.25) is 0 Å². The van der Waals surface area contributed by atoms with Gasteiger partial charge in [0.2, 0.25) is 10.0 Å². The second-order valence-corrected chi connectivity index (χ2v) is 8.59. The van der Waals surface area contributed by atoms with Crippen LogP contribution in [0.15, 0.2) is 70.2 Å². The number of rotatable bonds is 8. The van der Waals surface area contributed by atoms with Crippen LogP contribution in [-0.2, 0) is 14.8 Å². The molecule has 152 valence electrons. The molecule has 8 nitrogen and oxygen atoms in total. The van der Waals surface area contributed by atoms with Gasteiger partial charge in [-0.15, -0.1) is 0 Å². The Morgan fingerprint density at radius 2 is 1.93 bits per heavy atom. The largest absolute Gasteiger partial charge is 0.383 e. The maximum absolute atomic E-state index is 12.7. The molecule has 0 fully saturated rings. The van der Waals surface area contributed by atoms with Crippen LogP contribution in [0, 0.1) is 0 Å². The molecule has 3 aromatic rings. The number of amides is 1. The van der Waals surface area contributed by atoms with Gasteiger partial charge in [0.25, 0.3) is 5.91 Å². The van der Waals surface area contributed by atoms with Gasteiger partial charge in [0.1, 0.15) is 0 Å². The van der Waals surface area contributed by atoms with Crippen molar-refractivity contribution in [1.82, 2.24) is 14.5 Å². The van der Waals surface area contributed by atoms with Crippen LogP contribution in [0.1, 0.15) is 10.4 Å². The molecule has 0 spiro atoms. The smallest absolute Gasteiger partial charge is 0.258 e. The van der Waals surface area contributed by atoms with Gasteiger partial charge in [0, 0.05) is 30.4 Å². The van der Waals surface area contributed by atoms with Crippen molar-refractivity contribution in [2.45, 2.75) is 4.90 Å². The summed E-state index contributed by atoms with van der Waals surface area (Å²) in [4.78, 5) is 12.7. The predicted molar refractivity (Wildman–Crippen MR) is 113 cm³/mol. The molecule has 3 rings (SSSR count). The zero-order valence-electron chi connectivity index (χ0n) is 15.5. The Morgan fingerprint density at radius 3 is 2.66 bits per heavy atom. The van der Waals surface area contributed by atoms with Crippen molar-refractivity contribution in [2.75, 3.05) is 25.6 Å². The zero-order chi connectivity index (χ0) is 20.9. The average molecular weight is 479 g/mol. The maximum atomic E-state index is 12.7. The van der Waals surface area contributed by atoms with Crippen LogP contribution in [-0.4, -0.2) is 44.4 Å². The number of nitrogens with zero attached hydrogens (tertiary/aromatic N) is 2. The molecule has 1 heterocycles. The summed E-state index contributed by atoms with van der Waals surface area (Å²) < 4.78 is 34.1. The van der Waals surface area contributed by atoms with E-state index in [1.165, 1.54) is 25.3 Å². The van der Waals surface area contributed by atoms with Crippen LogP contribution < -0.4 is 10.0 Å². The third-order valence-corrected chi connectivity index (χ3v) is 6.09. The number of hydrogen-bond acceptors (Lipinski definition) is 5. The average Bonchev–Trinajstić information content (AvgIpc) is 3.17. The highest BCUT2D eigenvalue weighted by atomic mass is 79.9. The number of anilines is 1. The van der Waals surface area contributed by atoms with E-state index in [0.29, 0.717) is 10.3 Å². The summed E-state index contributed by atoms with van der Waals surface area (Å²) in [6.07, 6.45) is 1.72. The van der Waals surface area contributed by atoms with Gasteiger partial charge < -0.3 is 10.1 Å². The van der Waals surface area contributed by atoms with E-state index in [4.69, 9.17) is 4.74 Å². The zero-order valence-corrected chi connectivity index (χ0v) is 17.9. The lowest BCUT2D eigenvalue weighted by Crippen LogP contribution is -2.27. The molecular weight excluding hydrogens is 460 g/mol. The summed E-state index contributed by atoms with van der Waals surface area (Å²) >= 11 is 3.30. The second kappa shape index (κ2) is 9.31. The Morgan fingerprint density at radius 1 is 1.17 bits per heavy atom. The first-order valence-electron chi connectivity index (χ1n) is 8.61. The first-order valence-corrected chi connectivity index (χ1v) is 10.9. The van der Waals surface area contributed by atoms with Gasteiger partial charge in [-0.3, -0.25) is 4.79 Å². The molecule has 1 aromatic heterocycles. The highest BCUT2D eigenvalue weighted by molar-refractivity contribution is 9.10. The number of benzene rings is 2. The van der Waals surface area contributed by atoms with Crippen molar-refractivity contribution in [2.24, 2.45) is 0 Å². The second-order valence-electron chi connectivity index (χ2n) is 5.97. The minimum Gasteiger partial charge on any atom is -0.383 e. The maximum Gasteiger partial charge on any atom is 0.258 e. The Labute approximate surface area is 177 Å². The molecule has 0 unspecified atom stereocenters. The summed E-state index contributed by atoms with van der Waals surface area (Å²) in [6.45, 7) is 0.376. The summed E-state index contributed by atoms with van der Waals surface area (Å²) in [7, 11) is -2.28. The molecule has 0 aliphatic heterocycles. The van der Waals surface area contributed by atoms with E-state index in [-0.39, 0.29) is 23.6 Å². The van der Waals surface area contributed by atoms with Crippen LogP contribution in [0.4, 0.5) is 5.82 Å². The van der Waals surface area contributed by atoms with E-state index < -0.39 is 15.9 Å². The third-order valence-electron chi connectivity index (χ3n) is 3.94. The van der Waals surface area contributed by atoms with Gasteiger partial charge in [-0.2, -0.15) is 5.10 Å². The molecule has 1 amide bonds. The monoisotopic (exact) mass is 478 g/mol. The number of carbonyl (C=O) groups is 1. The van der Waals surface area contributed by atoms with E-state index in [9.17, 15) is 13.2 Å². The normalized spacial score (nSPS) is 11.4. The fraction of sp³-hybridized carbons (Fsp3) is 0.158. The van der Waals surface area contributed by atoms with Crippen LogP contribution >= 0.6 is 15.9 Å². The lowest BCUT2D eigenvalue weighted by Gasteiger charge is -2.10. The summed E-state index contributed by atoms with van der Waals surface area (Å²) in [5.41, 5.74) is 1.03. The van der Waals surface area contributed by atoms with E-state index >= 15 is 0 Å². The molecule has 0 saturated heterocycles. The number of carbonyl (C=O) groups excluding carboxylic acids is 1. The number of hydrogen-bond donors (Lipinski definition) is 2. The fourth-order valence-corrected chi connectivity index (χ4v) is 3.97. The minimum atomic E-state index is -3.76. The molecule has 10 heteroatoms. The standard InChI is InChI=1S/C19H19BrN4O4S/c1-28-12-10-21-29(26,27)15-7-8-17(20)16(13-15)19(25)22-18-9-11-24(23-18)14-5-3-2-4-6-14/h2-9,11,13,21H,10,12H2,1H3,(H,22,23,25). The molecule has 0 aliphatic rings. The number of sulfonamides is 1. The number of methoxy groups -OCH3 is 1. The van der Waals surface area contributed by atoms with Gasteiger partial charge in [-0.25, -0.2) is 17.8 Å². The highest BCUT2D eigenvalue weighted by Gasteiger charge is 2.19. The van der Waals surface area contributed by atoms with Crippen LogP contribution in [0.25, 0.3) is 5.69 Å². The van der Waals surface area contributed by atoms with Gasteiger partial charge in [0.15, 0.2) is 5.82 Å². The van der Waals surface area contributed by atoms with Crippen molar-refractivity contribution in [3.63, 3.8) is 0 Å². The lowest BCUT2D eigenvalue weighted by molar-refractivity contribution is 0.102. The molecule has 0 bridgehead atoms. The number of nitrogens with one attached hydrogen (secondary N) is 2. The van der Waals surface area contributed by atoms with Gasteiger partial charge in [-0.1, -0.05) is 18.2 Å². The van der Waals surface area contributed by atoms with Crippen molar-refractivity contribution in [3.05, 3.63) is 70.8 Å². The van der Waals surface area contributed by atoms with Gasteiger partial charge in [0.05, 0.1) is 22.8 Å². The quantitative estimate of drug-likeness (QED) is 0.484. The van der Waals surface area contributed by atoms with E-state index in [0.717, 1.165) is 5.69 Å². The predicted octanol–water partition coefficient (Wildman–Crippen LogP) is 2.81. The van der Waals surface area contributed by atoms with Gasteiger partial charge in [-0.05, 0) is 46.3 Å². The summed E-state index contributed by atoms with van der Waals surface area (Å²) in [5, 5.41) is 7.01. The Bertz CT molecular complexity index is 1100. The summed E-state index contributed by atoms with van der Waals surface area (Å²) in [5.74, 6) is -0.138. The number of halogens is 1. The molecule has 2 N–H and O–H groups in total. The van der Waals surface area contributed by atoms with Gasteiger partial charge >= 0.3 is 0 Å². The Kier molecular flexibility index (Phi) is 6.80. The van der Waals surface area contributed by atoms with E-state index in [1.807, 2.05) is 30.3 Å². The van der Waals surface area contributed by atoms with Crippen molar-refractivity contribution in [3.8, 4) is 5.69 Å². The molecule has 2 aromatic carbocycles. The molecule has 0 atom stereocenters. The Balaban J connectivity index is 1.78. The van der Waals surface area contributed by atoms with Crippen LogP contribution in [0.3, 0.4) is 0 Å². The van der Waals surface area contributed by atoms with E-state index in [1.54, 1.807) is 16.9 Å². The lowest BCUT2D eigenvalue weighted by atomic mass is 10.2. The Hall–Kier alpha value is -2.53. The topological polar surface area (TPSA) is 102 Å². The molecule has 0 saturated carbocycles. The third kappa shape index (κ3) is 5.30.